The third kappa shape index (κ3) is 6.18. The first-order chi connectivity index (χ1) is 18.0. The van der Waals surface area contributed by atoms with Crippen LogP contribution in [-0.4, -0.2) is 30.6 Å². The number of hydrogen-bond donors (Lipinski definition) is 0. The summed E-state index contributed by atoms with van der Waals surface area (Å²) >= 11 is 7.31. The smallest absolute Gasteiger partial charge is 0.207 e. The molecule has 0 aromatic heterocycles. The zero-order valence-corrected chi connectivity index (χ0v) is 27.2. The molecule has 0 spiro atoms. The summed E-state index contributed by atoms with van der Waals surface area (Å²) in [7, 11) is -5.64. The quantitative estimate of drug-likeness (QED) is 0.108. The van der Waals surface area contributed by atoms with Gasteiger partial charge in [0.2, 0.25) is 7.90 Å². The molecule has 0 amide bonds. The van der Waals surface area contributed by atoms with Gasteiger partial charge in [-0.05, 0) is 64.7 Å². The van der Waals surface area contributed by atoms with Crippen molar-refractivity contribution in [3.05, 3.63) is 121 Å². The molecule has 0 aliphatic rings. The lowest BCUT2D eigenvalue weighted by Gasteiger charge is -2.48. The second kappa shape index (κ2) is 13.5. The van der Waals surface area contributed by atoms with Gasteiger partial charge in [-0.2, -0.15) is 0 Å². The van der Waals surface area contributed by atoms with E-state index in [0.717, 1.165) is 19.6 Å². The molecule has 0 aliphatic heterocycles. The van der Waals surface area contributed by atoms with Gasteiger partial charge in [0.1, 0.15) is 0 Å². The molecule has 37 heavy (non-hydrogen) atoms. The van der Waals surface area contributed by atoms with Gasteiger partial charge in [0.25, 0.3) is 0 Å². The molecule has 0 radical (unpaired) electrons. The highest BCUT2D eigenvalue weighted by molar-refractivity contribution is 9.48. The number of hydrogen-bond acceptors (Lipinski definition) is 4. The summed E-state index contributed by atoms with van der Waals surface area (Å²) in [5.74, 6) is 1.02. The maximum Gasteiger partial charge on any atom is 0.244 e. The Morgan fingerprint density at radius 3 is 1.08 bits per heavy atom. The van der Waals surface area contributed by atoms with Gasteiger partial charge in [0.05, 0.1) is 0 Å². The summed E-state index contributed by atoms with van der Waals surface area (Å²) in [6.45, 7) is 0. The van der Waals surface area contributed by atoms with E-state index < -0.39 is 24.1 Å². The minimum absolute atomic E-state index is 0.512. The lowest BCUT2D eigenvalue weighted by Crippen LogP contribution is -2.23. The SMILES string of the molecule is O=S(=O)(S(CCBr)(Sc1ccccc1)c1ccccc1)S(CCBr)(Sc1ccccc1)c1ccccc1. The molecule has 0 N–H and O–H groups in total. The van der Waals surface area contributed by atoms with E-state index in [9.17, 15) is 0 Å². The Kier molecular flexibility index (Phi) is 10.7. The van der Waals surface area contributed by atoms with E-state index in [2.05, 4.69) is 31.9 Å². The fourth-order valence-corrected chi connectivity index (χ4v) is 40.7. The normalized spacial score (nSPS) is 16.7. The van der Waals surface area contributed by atoms with Crippen LogP contribution >= 0.6 is 69.6 Å². The van der Waals surface area contributed by atoms with E-state index in [0.29, 0.717) is 22.2 Å². The highest BCUT2D eigenvalue weighted by atomic mass is 79.9. The van der Waals surface area contributed by atoms with Crippen LogP contribution in [0.15, 0.2) is 141 Å². The second-order valence-corrected chi connectivity index (χ2v) is 28.1. The Morgan fingerprint density at radius 2 is 0.784 bits per heavy atom. The van der Waals surface area contributed by atoms with Crippen molar-refractivity contribution < 1.29 is 8.42 Å². The number of halogens is 2. The lowest BCUT2D eigenvalue weighted by molar-refractivity contribution is 0.622. The molecule has 0 bridgehead atoms. The van der Waals surface area contributed by atoms with Crippen molar-refractivity contribution in [1.29, 1.82) is 0 Å². The minimum Gasteiger partial charge on any atom is -0.207 e. The van der Waals surface area contributed by atoms with Gasteiger partial charge >= 0.3 is 0 Å². The maximum atomic E-state index is 15.7. The molecule has 0 fully saturated rings. The summed E-state index contributed by atoms with van der Waals surface area (Å²) < 4.78 is 31.3. The van der Waals surface area contributed by atoms with Gasteiger partial charge in [-0.3, -0.25) is 0 Å². The molecule has 0 saturated carbocycles. The summed E-state index contributed by atoms with van der Waals surface area (Å²) in [5.41, 5.74) is 0. The van der Waals surface area contributed by atoms with E-state index in [-0.39, 0.29) is 0 Å². The zero-order valence-electron chi connectivity index (χ0n) is 20.0. The molecule has 2 unspecified atom stereocenters. The van der Waals surface area contributed by atoms with Gasteiger partial charge in [0.15, 0.2) is 0 Å². The zero-order chi connectivity index (χ0) is 26.2. The molecule has 4 rings (SSSR count). The molecule has 0 heterocycles. The van der Waals surface area contributed by atoms with E-state index in [1.165, 1.54) is 21.6 Å². The highest BCUT2D eigenvalue weighted by Crippen LogP contribution is 2.87. The Morgan fingerprint density at radius 1 is 0.486 bits per heavy atom. The molecule has 9 heteroatoms. The number of benzene rings is 4. The van der Waals surface area contributed by atoms with Crippen LogP contribution in [0.4, 0.5) is 0 Å². The van der Waals surface area contributed by atoms with Gasteiger partial charge < -0.3 is 0 Å². The summed E-state index contributed by atoms with van der Waals surface area (Å²) in [6.07, 6.45) is 0. The van der Waals surface area contributed by atoms with Gasteiger partial charge in [-0.1, -0.05) is 126 Å². The van der Waals surface area contributed by atoms with Gasteiger partial charge in [0, 0.05) is 41.7 Å². The van der Waals surface area contributed by atoms with E-state index in [1.807, 2.05) is 121 Å². The van der Waals surface area contributed by atoms with Crippen molar-refractivity contribution in [3.63, 3.8) is 0 Å². The largest absolute Gasteiger partial charge is 0.244 e. The molecule has 0 aliphatic carbocycles. The fraction of sp³-hybridized carbons (Fsp3) is 0.143. The first-order valence-corrected chi connectivity index (χ1v) is 22.6. The topological polar surface area (TPSA) is 34.1 Å². The molecular weight excluding hydrogens is 688 g/mol. The Labute approximate surface area is 246 Å². The lowest BCUT2D eigenvalue weighted by atomic mass is 10.4. The van der Waals surface area contributed by atoms with Crippen LogP contribution < -0.4 is 0 Å². The Bertz CT molecular complexity index is 1260. The van der Waals surface area contributed by atoms with E-state index in [1.54, 1.807) is 0 Å². The summed E-state index contributed by atoms with van der Waals surface area (Å²) in [4.78, 5) is 3.71. The van der Waals surface area contributed by atoms with E-state index >= 15 is 8.42 Å². The first-order valence-electron chi connectivity index (χ1n) is 11.6. The molecule has 2 nitrogen and oxygen atoms in total. The average molecular weight is 717 g/mol. The summed E-state index contributed by atoms with van der Waals surface area (Å²) in [6, 6.07) is 39.7. The average Bonchev–Trinajstić information content (AvgIpc) is 2.94. The highest BCUT2D eigenvalue weighted by Gasteiger charge is 2.53. The molecule has 4 aromatic carbocycles. The number of alkyl halides is 2. The second-order valence-electron chi connectivity index (χ2n) is 7.84. The van der Waals surface area contributed by atoms with Crippen molar-refractivity contribution in [1.82, 2.24) is 0 Å². The standard InChI is InChI=1S/C28H28Br2O2S5/c29-21-23-35(27-17-9-3-10-18-27,33-25-13-5-1-6-14-25)37(31,32)36(24-22-30,28-19-11-4-12-20-28)34-26-15-7-2-8-16-26/h1-20H,21-24H2. The minimum atomic E-state index is -3.78. The third-order valence-electron chi connectivity index (χ3n) is 5.50. The Hall–Kier alpha value is -0.810. The molecular formula is C28H28Br2O2S5. The third-order valence-corrected chi connectivity index (χ3v) is 34.8. The van der Waals surface area contributed by atoms with Crippen LogP contribution in [0.5, 0.6) is 0 Å². The van der Waals surface area contributed by atoms with Crippen molar-refractivity contribution >= 4 is 77.5 Å². The van der Waals surface area contributed by atoms with Crippen LogP contribution in [0.25, 0.3) is 0 Å². The Balaban J connectivity index is 2.05. The molecule has 2 atom stereocenters. The van der Waals surface area contributed by atoms with Gasteiger partial charge in [-0.15, -0.1) is 0 Å². The van der Waals surface area contributed by atoms with E-state index in [4.69, 9.17) is 0 Å². The van der Waals surface area contributed by atoms with Crippen molar-refractivity contribution in [2.24, 2.45) is 0 Å². The van der Waals surface area contributed by atoms with Crippen LogP contribution in [0.1, 0.15) is 0 Å². The number of rotatable bonds is 12. The van der Waals surface area contributed by atoms with Crippen LogP contribution in [0.3, 0.4) is 0 Å². The predicted molar refractivity (Wildman–Crippen MR) is 175 cm³/mol. The fourth-order valence-electron chi connectivity index (χ4n) is 3.84. The molecule has 0 saturated heterocycles. The predicted octanol–water partition coefficient (Wildman–Crippen LogP) is 10.2. The van der Waals surface area contributed by atoms with Crippen molar-refractivity contribution in [3.8, 4) is 0 Å². The monoisotopic (exact) mass is 714 g/mol. The maximum absolute atomic E-state index is 15.7. The van der Waals surface area contributed by atoms with Crippen LogP contribution in [0, 0.1) is 0 Å². The van der Waals surface area contributed by atoms with Crippen molar-refractivity contribution in [2.75, 3.05) is 22.2 Å². The first kappa shape index (κ1) is 29.2. The molecule has 196 valence electrons. The van der Waals surface area contributed by atoms with Crippen LogP contribution in [0.2, 0.25) is 0 Å². The van der Waals surface area contributed by atoms with Gasteiger partial charge in [-0.25, -0.2) is 8.42 Å². The van der Waals surface area contributed by atoms with Crippen molar-refractivity contribution in [2.45, 2.75) is 19.6 Å². The summed E-state index contributed by atoms with van der Waals surface area (Å²) in [5, 5.41) is 1.18. The molecule has 4 aromatic rings. The van der Waals surface area contributed by atoms with Crippen LogP contribution in [-0.2, 0) is 7.90 Å².